The predicted molar refractivity (Wildman–Crippen MR) is 109 cm³/mol. The minimum atomic E-state index is -3.73. The smallest absolute Gasteiger partial charge is 0.258 e. The number of unbranched alkanes of at least 4 members (excludes halogenated alkanes) is 1. The van der Waals surface area contributed by atoms with E-state index in [9.17, 15) is 8.42 Å². The molecule has 0 aliphatic heterocycles. The van der Waals surface area contributed by atoms with Crippen molar-refractivity contribution in [3.05, 3.63) is 60.5 Å². The van der Waals surface area contributed by atoms with E-state index < -0.39 is 10.0 Å². The second-order valence-corrected chi connectivity index (χ2v) is 9.19. The number of aryl methyl sites for hydroxylation is 1. The zero-order valence-electron chi connectivity index (χ0n) is 15.3. The number of imidazole rings is 1. The van der Waals surface area contributed by atoms with Crippen LogP contribution in [0.15, 0.2) is 64.7 Å². The molecule has 0 aliphatic carbocycles. The van der Waals surface area contributed by atoms with Gasteiger partial charge in [-0.25, -0.2) is 23.0 Å². The topological polar surface area (TPSA) is 80.8 Å². The van der Waals surface area contributed by atoms with Gasteiger partial charge < -0.3 is 0 Å². The molecule has 0 saturated heterocycles. The van der Waals surface area contributed by atoms with Crippen LogP contribution in [0.5, 0.6) is 0 Å². The molecule has 0 spiro atoms. The first kappa shape index (κ1) is 18.6. The summed E-state index contributed by atoms with van der Waals surface area (Å²) in [6.45, 7) is 3.03. The molecule has 0 aliphatic rings. The minimum Gasteiger partial charge on any atom is -0.258 e. The number of nitrogens with zero attached hydrogens (tertiary/aromatic N) is 4. The first-order valence-corrected chi connectivity index (χ1v) is 11.3. The number of sulfonamides is 1. The number of hydrogen-bond acceptors (Lipinski definition) is 5. The van der Waals surface area contributed by atoms with Crippen LogP contribution in [0.2, 0.25) is 0 Å². The third-order valence-corrected chi connectivity index (χ3v) is 6.99. The number of fused-ring (bicyclic) bond motifs is 1. The van der Waals surface area contributed by atoms with Crippen molar-refractivity contribution in [3.63, 3.8) is 0 Å². The normalized spacial score (nSPS) is 11.8. The van der Waals surface area contributed by atoms with Crippen molar-refractivity contribution in [2.75, 3.05) is 4.72 Å². The Balaban J connectivity index is 1.80. The molecular formula is C19H20N5O2S2+. The van der Waals surface area contributed by atoms with Gasteiger partial charge in [-0.05, 0) is 30.0 Å². The first-order chi connectivity index (χ1) is 13.6. The van der Waals surface area contributed by atoms with Gasteiger partial charge in [0.2, 0.25) is 12.1 Å². The quantitative estimate of drug-likeness (QED) is 0.470. The number of thiophene rings is 1. The molecular weight excluding hydrogens is 394 g/mol. The van der Waals surface area contributed by atoms with E-state index in [0.29, 0.717) is 16.9 Å². The Bertz CT molecular complexity index is 1200. The van der Waals surface area contributed by atoms with Crippen molar-refractivity contribution in [1.82, 2.24) is 14.5 Å². The summed E-state index contributed by atoms with van der Waals surface area (Å²) < 4.78 is 32.2. The molecule has 144 valence electrons. The van der Waals surface area contributed by atoms with Crippen LogP contribution in [0, 0.1) is 0 Å². The molecule has 1 N–H and O–H groups in total. The van der Waals surface area contributed by atoms with Crippen LogP contribution in [0.4, 0.5) is 5.82 Å². The molecule has 1 aromatic carbocycles. The van der Waals surface area contributed by atoms with Gasteiger partial charge in [0, 0.05) is 0 Å². The molecule has 0 radical (unpaired) electrons. The van der Waals surface area contributed by atoms with Crippen LogP contribution in [-0.4, -0.2) is 23.0 Å². The molecule has 0 amide bonds. The SMILES string of the molecule is CCCC[n+]1ccn(-c2nc3ccccc3nc2NS(=O)(=O)c2cccs2)c1. The van der Waals surface area contributed by atoms with Crippen LogP contribution in [-0.2, 0) is 16.6 Å². The third kappa shape index (κ3) is 3.76. The summed E-state index contributed by atoms with van der Waals surface area (Å²) in [7, 11) is -3.73. The highest BCUT2D eigenvalue weighted by molar-refractivity contribution is 7.94. The summed E-state index contributed by atoms with van der Waals surface area (Å²) in [5.41, 5.74) is 1.33. The lowest BCUT2D eigenvalue weighted by atomic mass is 10.3. The Labute approximate surface area is 167 Å². The highest BCUT2D eigenvalue weighted by Gasteiger charge is 2.23. The van der Waals surface area contributed by atoms with Gasteiger partial charge in [-0.2, -0.15) is 4.57 Å². The van der Waals surface area contributed by atoms with Gasteiger partial charge in [0.15, 0.2) is 0 Å². The molecule has 4 rings (SSSR count). The monoisotopic (exact) mass is 414 g/mol. The number of para-hydroxylation sites is 2. The molecule has 0 unspecified atom stereocenters. The van der Waals surface area contributed by atoms with Gasteiger partial charge in [-0.3, -0.25) is 4.72 Å². The zero-order valence-corrected chi connectivity index (χ0v) is 16.9. The number of hydrogen-bond donors (Lipinski definition) is 1. The Morgan fingerprint density at radius 3 is 2.64 bits per heavy atom. The van der Waals surface area contributed by atoms with Crippen molar-refractivity contribution < 1.29 is 13.0 Å². The average Bonchev–Trinajstić information content (AvgIpc) is 3.38. The third-order valence-electron chi connectivity index (χ3n) is 4.25. The lowest BCUT2D eigenvalue weighted by Gasteiger charge is -2.09. The summed E-state index contributed by atoms with van der Waals surface area (Å²) in [6, 6.07) is 10.7. The first-order valence-electron chi connectivity index (χ1n) is 8.97. The van der Waals surface area contributed by atoms with Crippen molar-refractivity contribution >= 4 is 38.2 Å². The summed E-state index contributed by atoms with van der Waals surface area (Å²) >= 11 is 1.16. The number of nitrogens with one attached hydrogen (secondary N) is 1. The second-order valence-electron chi connectivity index (χ2n) is 6.33. The van der Waals surface area contributed by atoms with Gasteiger partial charge in [-0.1, -0.05) is 31.5 Å². The maximum absolute atomic E-state index is 12.7. The van der Waals surface area contributed by atoms with E-state index in [1.165, 1.54) is 0 Å². The van der Waals surface area contributed by atoms with E-state index in [4.69, 9.17) is 0 Å². The molecule has 3 heterocycles. The number of aromatic nitrogens is 4. The van der Waals surface area contributed by atoms with Gasteiger partial charge >= 0.3 is 0 Å². The second kappa shape index (κ2) is 7.69. The van der Waals surface area contributed by atoms with Gasteiger partial charge in [0.05, 0.1) is 17.6 Å². The Morgan fingerprint density at radius 1 is 1.14 bits per heavy atom. The van der Waals surface area contributed by atoms with Crippen molar-refractivity contribution in [3.8, 4) is 5.82 Å². The Kier molecular flexibility index (Phi) is 5.10. The number of benzene rings is 1. The van der Waals surface area contributed by atoms with E-state index >= 15 is 0 Å². The summed E-state index contributed by atoms with van der Waals surface area (Å²) in [5.74, 6) is 0.638. The van der Waals surface area contributed by atoms with E-state index in [0.717, 1.165) is 30.7 Å². The molecule has 3 aromatic heterocycles. The Morgan fingerprint density at radius 2 is 1.93 bits per heavy atom. The van der Waals surface area contributed by atoms with Crippen LogP contribution in [0.1, 0.15) is 19.8 Å². The molecule has 4 aromatic rings. The van der Waals surface area contributed by atoms with E-state index in [2.05, 4.69) is 26.2 Å². The van der Waals surface area contributed by atoms with Crippen molar-refractivity contribution in [2.45, 2.75) is 30.5 Å². The van der Waals surface area contributed by atoms with E-state index in [1.807, 2.05) is 43.0 Å². The van der Waals surface area contributed by atoms with E-state index in [-0.39, 0.29) is 10.0 Å². The average molecular weight is 415 g/mol. The lowest BCUT2D eigenvalue weighted by molar-refractivity contribution is -0.696. The fourth-order valence-corrected chi connectivity index (χ4v) is 4.82. The van der Waals surface area contributed by atoms with Crippen LogP contribution in [0.3, 0.4) is 0 Å². The molecule has 0 fully saturated rings. The summed E-state index contributed by atoms with van der Waals surface area (Å²) in [4.78, 5) is 9.21. The molecule has 9 heteroatoms. The lowest BCUT2D eigenvalue weighted by Crippen LogP contribution is -2.30. The van der Waals surface area contributed by atoms with Crippen molar-refractivity contribution in [2.24, 2.45) is 0 Å². The van der Waals surface area contributed by atoms with Crippen LogP contribution in [0.25, 0.3) is 16.9 Å². The van der Waals surface area contributed by atoms with Gasteiger partial charge in [-0.15, -0.1) is 11.3 Å². The largest absolute Gasteiger partial charge is 0.272 e. The minimum absolute atomic E-state index is 0.199. The molecule has 0 atom stereocenters. The summed E-state index contributed by atoms with van der Waals surface area (Å²) in [5, 5.41) is 1.73. The highest BCUT2D eigenvalue weighted by Crippen LogP contribution is 2.24. The maximum atomic E-state index is 12.7. The number of anilines is 1. The highest BCUT2D eigenvalue weighted by atomic mass is 32.2. The van der Waals surface area contributed by atoms with Crippen LogP contribution < -0.4 is 9.29 Å². The fourth-order valence-electron chi connectivity index (χ4n) is 2.83. The summed E-state index contributed by atoms with van der Waals surface area (Å²) in [6.07, 6.45) is 7.87. The fraction of sp³-hybridized carbons (Fsp3) is 0.211. The van der Waals surface area contributed by atoms with Crippen molar-refractivity contribution in [1.29, 1.82) is 0 Å². The van der Waals surface area contributed by atoms with Crippen LogP contribution >= 0.6 is 11.3 Å². The number of rotatable bonds is 7. The molecule has 0 saturated carbocycles. The zero-order chi connectivity index (χ0) is 19.6. The molecule has 0 bridgehead atoms. The maximum Gasteiger partial charge on any atom is 0.272 e. The standard InChI is InChI=1S/C19H20N5O2S2/c1-2-3-10-23-11-12-24(14-23)19-18(20-15-7-4-5-8-16(15)21-19)22-28(25,26)17-9-6-13-27-17/h4-9,11-14H,2-3,10H2,1H3,(H,20,22)/q+1. The Hall–Kier alpha value is -2.78. The predicted octanol–water partition coefficient (Wildman–Crippen LogP) is 3.37. The molecule has 7 nitrogen and oxygen atoms in total. The van der Waals surface area contributed by atoms with E-state index in [1.54, 1.807) is 22.1 Å². The van der Waals surface area contributed by atoms with Gasteiger partial charge in [0.25, 0.3) is 15.8 Å². The molecule has 28 heavy (non-hydrogen) atoms. The van der Waals surface area contributed by atoms with Gasteiger partial charge in [0.1, 0.15) is 16.6 Å².